The van der Waals surface area contributed by atoms with Crippen LogP contribution in [0.4, 0.5) is 5.00 Å². The predicted molar refractivity (Wildman–Crippen MR) is 99.5 cm³/mol. The quantitative estimate of drug-likeness (QED) is 0.810. The van der Waals surface area contributed by atoms with E-state index >= 15 is 0 Å². The highest BCUT2D eigenvalue weighted by molar-refractivity contribution is 7.16. The lowest BCUT2D eigenvalue weighted by Crippen LogP contribution is -2.18. The van der Waals surface area contributed by atoms with Crippen molar-refractivity contribution in [2.75, 3.05) is 25.1 Å². The van der Waals surface area contributed by atoms with Crippen LogP contribution in [0.2, 0.25) is 0 Å². The van der Waals surface area contributed by atoms with Gasteiger partial charge in [0, 0.05) is 4.88 Å². The number of hydrogen-bond acceptors (Lipinski definition) is 6. The maximum absolute atomic E-state index is 12.5. The van der Waals surface area contributed by atoms with Crippen molar-refractivity contribution >= 4 is 28.2 Å². The molecule has 1 aliphatic rings. The van der Waals surface area contributed by atoms with E-state index in [1.165, 1.54) is 11.3 Å². The molecule has 1 aromatic heterocycles. The number of aryl methyl sites for hydroxylation is 1. The van der Waals surface area contributed by atoms with Crippen molar-refractivity contribution in [1.82, 2.24) is 0 Å². The zero-order valence-corrected chi connectivity index (χ0v) is 15.8. The molecule has 1 aliphatic heterocycles. The van der Waals surface area contributed by atoms with E-state index in [0.29, 0.717) is 35.3 Å². The smallest absolute Gasteiger partial charge is 0.341 e. The fraction of sp³-hybridized carbons (Fsp3) is 0.368. The van der Waals surface area contributed by atoms with Crippen LogP contribution in [-0.2, 0) is 16.0 Å². The van der Waals surface area contributed by atoms with E-state index in [1.807, 2.05) is 26.0 Å². The molecule has 0 atom stereocenters. The van der Waals surface area contributed by atoms with Crippen LogP contribution in [0.5, 0.6) is 11.5 Å². The minimum Gasteiger partial charge on any atom is -0.486 e. The van der Waals surface area contributed by atoms with Crippen LogP contribution in [0.15, 0.2) is 18.2 Å². The average Bonchev–Trinajstić information content (AvgIpc) is 2.88. The Morgan fingerprint density at radius 2 is 1.92 bits per heavy atom. The monoisotopic (exact) mass is 375 g/mol. The van der Waals surface area contributed by atoms with Crippen LogP contribution in [0.3, 0.4) is 0 Å². The first-order valence-corrected chi connectivity index (χ1v) is 9.26. The second kappa shape index (κ2) is 7.78. The molecule has 0 radical (unpaired) electrons. The number of rotatable bonds is 5. The van der Waals surface area contributed by atoms with E-state index in [1.54, 1.807) is 13.0 Å². The highest BCUT2D eigenvalue weighted by atomic mass is 32.1. The Kier molecular flexibility index (Phi) is 5.46. The number of benzene rings is 1. The van der Waals surface area contributed by atoms with Gasteiger partial charge in [0.25, 0.3) is 0 Å². The zero-order chi connectivity index (χ0) is 18.7. The molecule has 6 nitrogen and oxygen atoms in total. The van der Waals surface area contributed by atoms with Crippen LogP contribution in [0.25, 0.3) is 0 Å². The Hall–Kier alpha value is -2.54. The van der Waals surface area contributed by atoms with Crippen LogP contribution in [0.1, 0.15) is 33.3 Å². The summed E-state index contributed by atoms with van der Waals surface area (Å²) in [7, 11) is 0. The summed E-state index contributed by atoms with van der Waals surface area (Å²) >= 11 is 1.38. The van der Waals surface area contributed by atoms with Gasteiger partial charge in [-0.2, -0.15) is 0 Å². The van der Waals surface area contributed by atoms with Crippen LogP contribution in [0, 0.1) is 13.8 Å². The second-order valence-corrected chi connectivity index (χ2v) is 7.14. The van der Waals surface area contributed by atoms with Crippen LogP contribution < -0.4 is 14.8 Å². The standard InChI is InChI=1S/C19H21NO5S/c1-4-23-19(22)17-11(2)12(3)26-18(17)20-16(21)10-13-5-6-14-15(9-13)25-8-7-24-14/h5-6,9H,4,7-8,10H2,1-3H3,(H,20,21). The minimum absolute atomic E-state index is 0.175. The van der Waals surface area contributed by atoms with E-state index in [-0.39, 0.29) is 18.9 Å². The minimum atomic E-state index is -0.413. The number of hydrogen-bond donors (Lipinski definition) is 1. The van der Waals surface area contributed by atoms with Crippen LogP contribution >= 0.6 is 11.3 Å². The largest absolute Gasteiger partial charge is 0.486 e. The number of nitrogens with one attached hydrogen (secondary N) is 1. The fourth-order valence-electron chi connectivity index (χ4n) is 2.72. The van der Waals surface area contributed by atoms with Crippen molar-refractivity contribution in [3.8, 4) is 11.5 Å². The maximum Gasteiger partial charge on any atom is 0.341 e. The molecule has 0 saturated carbocycles. The van der Waals surface area contributed by atoms with Crippen molar-refractivity contribution in [2.24, 2.45) is 0 Å². The Morgan fingerprint density at radius 1 is 1.19 bits per heavy atom. The molecule has 2 heterocycles. The number of carbonyl (C=O) groups is 2. The Balaban J connectivity index is 1.74. The molecular formula is C19H21NO5S. The molecule has 1 N–H and O–H groups in total. The maximum atomic E-state index is 12.5. The molecule has 0 aliphatic carbocycles. The van der Waals surface area contributed by atoms with Crippen molar-refractivity contribution < 1.29 is 23.8 Å². The van der Waals surface area contributed by atoms with Gasteiger partial charge in [0.15, 0.2) is 11.5 Å². The van der Waals surface area contributed by atoms with Gasteiger partial charge in [-0.3, -0.25) is 4.79 Å². The van der Waals surface area contributed by atoms with Gasteiger partial charge in [-0.1, -0.05) is 6.07 Å². The van der Waals surface area contributed by atoms with Gasteiger partial charge in [0.2, 0.25) is 5.91 Å². The molecule has 0 fully saturated rings. The lowest BCUT2D eigenvalue weighted by molar-refractivity contribution is -0.115. The summed E-state index contributed by atoms with van der Waals surface area (Å²) in [5.74, 6) is 0.726. The lowest BCUT2D eigenvalue weighted by atomic mass is 10.1. The van der Waals surface area contributed by atoms with Crippen molar-refractivity contribution in [3.63, 3.8) is 0 Å². The summed E-state index contributed by atoms with van der Waals surface area (Å²) in [6.45, 7) is 6.85. The van der Waals surface area contributed by atoms with Gasteiger partial charge in [-0.25, -0.2) is 4.79 Å². The zero-order valence-electron chi connectivity index (χ0n) is 15.0. The number of amides is 1. The molecule has 0 unspecified atom stereocenters. The summed E-state index contributed by atoms with van der Waals surface area (Å²) in [6, 6.07) is 5.45. The van der Waals surface area contributed by atoms with Crippen molar-refractivity contribution in [2.45, 2.75) is 27.2 Å². The Bertz CT molecular complexity index is 843. The van der Waals surface area contributed by atoms with E-state index in [2.05, 4.69) is 5.32 Å². The molecule has 7 heteroatoms. The third kappa shape index (κ3) is 3.83. The second-order valence-electron chi connectivity index (χ2n) is 5.91. The summed E-state index contributed by atoms with van der Waals surface area (Å²) < 4.78 is 16.1. The number of fused-ring (bicyclic) bond motifs is 1. The fourth-order valence-corrected chi connectivity index (χ4v) is 3.78. The average molecular weight is 375 g/mol. The van der Waals surface area contributed by atoms with E-state index in [9.17, 15) is 9.59 Å². The highest BCUT2D eigenvalue weighted by Gasteiger charge is 2.22. The molecule has 0 bridgehead atoms. The topological polar surface area (TPSA) is 73.9 Å². The highest BCUT2D eigenvalue weighted by Crippen LogP contribution is 2.34. The molecule has 1 amide bonds. The normalized spacial score (nSPS) is 12.6. The summed E-state index contributed by atoms with van der Waals surface area (Å²) in [5, 5.41) is 3.38. The molecule has 0 saturated heterocycles. The molecule has 138 valence electrons. The Morgan fingerprint density at radius 3 is 2.65 bits per heavy atom. The van der Waals surface area contributed by atoms with Crippen LogP contribution in [-0.4, -0.2) is 31.7 Å². The lowest BCUT2D eigenvalue weighted by Gasteiger charge is -2.18. The van der Waals surface area contributed by atoms with E-state index in [0.717, 1.165) is 16.0 Å². The first-order valence-electron chi connectivity index (χ1n) is 8.45. The molecule has 1 aromatic carbocycles. The molecule has 2 aromatic rings. The SMILES string of the molecule is CCOC(=O)c1c(NC(=O)Cc2ccc3c(c2)OCCO3)sc(C)c1C. The molecule has 26 heavy (non-hydrogen) atoms. The van der Waals surface area contributed by atoms with Gasteiger partial charge in [0.1, 0.15) is 18.2 Å². The van der Waals surface area contributed by atoms with E-state index in [4.69, 9.17) is 14.2 Å². The van der Waals surface area contributed by atoms with Gasteiger partial charge < -0.3 is 19.5 Å². The summed E-state index contributed by atoms with van der Waals surface area (Å²) in [4.78, 5) is 25.7. The van der Waals surface area contributed by atoms with Gasteiger partial charge >= 0.3 is 5.97 Å². The third-order valence-corrected chi connectivity index (χ3v) is 5.21. The first-order chi connectivity index (χ1) is 12.5. The summed E-state index contributed by atoms with van der Waals surface area (Å²) in [6.07, 6.45) is 0.175. The molecular weight excluding hydrogens is 354 g/mol. The number of esters is 1. The first kappa shape index (κ1) is 18.3. The van der Waals surface area contributed by atoms with Crippen molar-refractivity contribution in [1.29, 1.82) is 0 Å². The molecule has 0 spiro atoms. The number of ether oxygens (including phenoxy) is 3. The van der Waals surface area contributed by atoms with Gasteiger partial charge in [-0.15, -0.1) is 11.3 Å². The number of anilines is 1. The van der Waals surface area contributed by atoms with E-state index < -0.39 is 5.97 Å². The van der Waals surface area contributed by atoms with Gasteiger partial charge in [-0.05, 0) is 44.0 Å². The Labute approximate surface area is 156 Å². The third-order valence-electron chi connectivity index (χ3n) is 4.09. The van der Waals surface area contributed by atoms with Gasteiger partial charge in [0.05, 0.1) is 18.6 Å². The number of carbonyl (C=O) groups excluding carboxylic acids is 2. The summed E-state index contributed by atoms with van der Waals surface area (Å²) in [5.41, 5.74) is 2.09. The van der Waals surface area contributed by atoms with Crippen molar-refractivity contribution in [3.05, 3.63) is 39.8 Å². The molecule has 3 rings (SSSR count). The predicted octanol–water partition coefficient (Wildman–Crippen LogP) is 3.49. The number of thiophene rings is 1.